The second-order valence-electron chi connectivity index (χ2n) is 8.65. The van der Waals surface area contributed by atoms with E-state index in [4.69, 9.17) is 0 Å². The predicted octanol–water partition coefficient (Wildman–Crippen LogP) is 10.3. The zero-order valence-electron chi connectivity index (χ0n) is 20.6. The topological polar surface area (TPSA) is 0 Å². The Balaban J connectivity index is 0.00000124. The largest absolute Gasteiger partial charge is 0.0683 e. The van der Waals surface area contributed by atoms with Crippen molar-refractivity contribution in [3.63, 3.8) is 0 Å². The molecule has 0 N–H and O–H groups in total. The van der Waals surface area contributed by atoms with Gasteiger partial charge in [0.25, 0.3) is 0 Å². The second-order valence-corrected chi connectivity index (χ2v) is 8.65. The van der Waals surface area contributed by atoms with Crippen LogP contribution in [0, 0.1) is 6.92 Å². The normalized spacial score (nSPS) is 10.7. The molecule has 0 aliphatic rings. The van der Waals surface area contributed by atoms with Gasteiger partial charge < -0.3 is 0 Å². The van der Waals surface area contributed by atoms with Crippen LogP contribution in [0.3, 0.4) is 0 Å². The van der Waals surface area contributed by atoms with Crippen LogP contribution in [0.15, 0.2) is 127 Å². The predicted molar refractivity (Wildman–Crippen MR) is 154 cm³/mol. The molecular weight excluding hydrogens is 420 g/mol. The molecule has 6 aromatic carbocycles. The number of fused-ring (bicyclic) bond motifs is 2. The van der Waals surface area contributed by atoms with Gasteiger partial charge in [0, 0.05) is 0 Å². The number of benzene rings is 6. The Bertz CT molecular complexity index is 1580. The van der Waals surface area contributed by atoms with Crippen molar-refractivity contribution < 1.29 is 0 Å². The van der Waals surface area contributed by atoms with Crippen molar-refractivity contribution in [2.45, 2.75) is 20.8 Å². The van der Waals surface area contributed by atoms with Crippen molar-refractivity contribution in [1.82, 2.24) is 0 Å². The number of aryl methyl sites for hydroxylation is 1. The summed E-state index contributed by atoms with van der Waals surface area (Å²) in [7, 11) is 0. The van der Waals surface area contributed by atoms with E-state index in [1.165, 1.54) is 60.5 Å². The maximum Gasteiger partial charge on any atom is -0.00262 e. The van der Waals surface area contributed by atoms with Crippen molar-refractivity contribution in [3.05, 3.63) is 133 Å². The molecule has 0 atom stereocenters. The van der Waals surface area contributed by atoms with Crippen LogP contribution in [0.1, 0.15) is 19.4 Å². The minimum atomic E-state index is 1.24. The van der Waals surface area contributed by atoms with Crippen LogP contribution in [0.25, 0.3) is 54.9 Å². The molecule has 0 saturated heterocycles. The summed E-state index contributed by atoms with van der Waals surface area (Å²) in [6, 6.07) is 46.2. The van der Waals surface area contributed by atoms with Crippen molar-refractivity contribution >= 4 is 21.5 Å². The molecule has 0 nitrogen and oxygen atoms in total. The molecule has 0 heterocycles. The summed E-state index contributed by atoms with van der Waals surface area (Å²) in [6.45, 7) is 6.13. The minimum absolute atomic E-state index is 1.24. The van der Waals surface area contributed by atoms with Crippen LogP contribution in [0.4, 0.5) is 0 Å². The van der Waals surface area contributed by atoms with Crippen molar-refractivity contribution in [3.8, 4) is 33.4 Å². The Kier molecular flexibility index (Phi) is 6.46. The molecule has 6 aromatic rings. The van der Waals surface area contributed by atoms with E-state index in [0.29, 0.717) is 0 Å². The fraction of sp³-hybridized carbons (Fsp3) is 0.0857. The van der Waals surface area contributed by atoms with Gasteiger partial charge in [-0.3, -0.25) is 0 Å². The van der Waals surface area contributed by atoms with Crippen LogP contribution in [0.2, 0.25) is 0 Å². The summed E-state index contributed by atoms with van der Waals surface area (Å²) in [5.74, 6) is 0. The number of hydrogen-bond donors (Lipinski definition) is 0. The molecule has 0 aliphatic carbocycles. The molecular formula is C35H30. The first-order chi connectivity index (χ1) is 17.3. The standard InChI is InChI=1S/C33H24.C2H6/c1-23-16-18-24(19-17-23)27-20-21-30-31(22-27)33(26-12-6-3-7-13-26)29-15-9-8-14-28(29)32(30)25-10-4-2-5-11-25;1-2/h2-22H,1H3;1-2H3. The molecule has 0 aliphatic heterocycles. The lowest BCUT2D eigenvalue weighted by Gasteiger charge is -2.18. The van der Waals surface area contributed by atoms with Crippen LogP contribution in [-0.2, 0) is 0 Å². The minimum Gasteiger partial charge on any atom is -0.0683 e. The number of rotatable bonds is 3. The Morgan fingerprint density at radius 1 is 0.343 bits per heavy atom. The van der Waals surface area contributed by atoms with Gasteiger partial charge >= 0.3 is 0 Å². The average molecular weight is 451 g/mol. The van der Waals surface area contributed by atoms with Gasteiger partial charge in [0.1, 0.15) is 0 Å². The monoisotopic (exact) mass is 450 g/mol. The summed E-state index contributed by atoms with van der Waals surface area (Å²) in [5, 5.41) is 5.15. The van der Waals surface area contributed by atoms with E-state index >= 15 is 0 Å². The van der Waals surface area contributed by atoms with Gasteiger partial charge in [0.2, 0.25) is 0 Å². The smallest absolute Gasteiger partial charge is 0.00262 e. The lowest BCUT2D eigenvalue weighted by atomic mass is 9.85. The summed E-state index contributed by atoms with van der Waals surface area (Å²) in [6.07, 6.45) is 0. The molecule has 0 fully saturated rings. The van der Waals surface area contributed by atoms with Crippen molar-refractivity contribution in [1.29, 1.82) is 0 Å². The second kappa shape index (κ2) is 9.99. The van der Waals surface area contributed by atoms with Gasteiger partial charge in [0.05, 0.1) is 0 Å². The van der Waals surface area contributed by atoms with Gasteiger partial charge in [-0.25, -0.2) is 0 Å². The molecule has 170 valence electrons. The first kappa shape index (κ1) is 22.6. The third kappa shape index (κ3) is 4.24. The van der Waals surface area contributed by atoms with Gasteiger partial charge in [-0.2, -0.15) is 0 Å². The number of hydrogen-bond acceptors (Lipinski definition) is 0. The summed E-state index contributed by atoms with van der Waals surface area (Å²) >= 11 is 0. The van der Waals surface area contributed by atoms with Crippen LogP contribution >= 0.6 is 0 Å². The van der Waals surface area contributed by atoms with E-state index in [1.54, 1.807) is 0 Å². The summed E-state index contributed by atoms with van der Waals surface area (Å²) in [5.41, 5.74) is 8.87. The molecule has 0 saturated carbocycles. The average Bonchev–Trinajstić information content (AvgIpc) is 2.94. The quantitative estimate of drug-likeness (QED) is 0.235. The molecule has 0 aromatic heterocycles. The summed E-state index contributed by atoms with van der Waals surface area (Å²) < 4.78 is 0. The van der Waals surface area contributed by atoms with Crippen LogP contribution < -0.4 is 0 Å². The van der Waals surface area contributed by atoms with E-state index < -0.39 is 0 Å². The highest BCUT2D eigenvalue weighted by molar-refractivity contribution is 6.21. The molecule has 0 spiro atoms. The van der Waals surface area contributed by atoms with Gasteiger partial charge in [-0.05, 0) is 67.9 Å². The third-order valence-electron chi connectivity index (χ3n) is 6.53. The van der Waals surface area contributed by atoms with Crippen LogP contribution in [-0.4, -0.2) is 0 Å². The van der Waals surface area contributed by atoms with Gasteiger partial charge in [-0.1, -0.05) is 141 Å². The first-order valence-corrected chi connectivity index (χ1v) is 12.5. The molecule has 0 bridgehead atoms. The first-order valence-electron chi connectivity index (χ1n) is 12.5. The van der Waals surface area contributed by atoms with Crippen molar-refractivity contribution in [2.24, 2.45) is 0 Å². The highest BCUT2D eigenvalue weighted by Crippen LogP contribution is 2.44. The van der Waals surface area contributed by atoms with E-state index in [-0.39, 0.29) is 0 Å². The van der Waals surface area contributed by atoms with E-state index in [9.17, 15) is 0 Å². The molecule has 0 amide bonds. The molecule has 0 heteroatoms. The molecule has 35 heavy (non-hydrogen) atoms. The third-order valence-corrected chi connectivity index (χ3v) is 6.53. The maximum atomic E-state index is 2.38. The molecule has 0 unspecified atom stereocenters. The molecule has 0 radical (unpaired) electrons. The Morgan fingerprint density at radius 2 is 0.771 bits per heavy atom. The summed E-state index contributed by atoms with van der Waals surface area (Å²) in [4.78, 5) is 0. The SMILES string of the molecule is CC.Cc1ccc(-c2ccc3c(-c4ccccc4)c4ccccc4c(-c4ccccc4)c3c2)cc1. The Hall–Kier alpha value is -4.16. The fourth-order valence-corrected chi connectivity index (χ4v) is 4.94. The van der Waals surface area contributed by atoms with Gasteiger partial charge in [0.15, 0.2) is 0 Å². The van der Waals surface area contributed by atoms with Crippen molar-refractivity contribution in [2.75, 3.05) is 0 Å². The molecule has 6 rings (SSSR count). The lowest BCUT2D eigenvalue weighted by molar-refractivity contribution is 1.47. The Morgan fingerprint density at radius 3 is 1.31 bits per heavy atom. The lowest BCUT2D eigenvalue weighted by Crippen LogP contribution is -1.91. The van der Waals surface area contributed by atoms with Crippen LogP contribution in [0.5, 0.6) is 0 Å². The highest BCUT2D eigenvalue weighted by Gasteiger charge is 2.17. The van der Waals surface area contributed by atoms with E-state index in [0.717, 1.165) is 0 Å². The van der Waals surface area contributed by atoms with E-state index in [1.807, 2.05) is 13.8 Å². The highest BCUT2D eigenvalue weighted by atomic mass is 14.2. The zero-order valence-corrected chi connectivity index (χ0v) is 20.6. The van der Waals surface area contributed by atoms with Gasteiger partial charge in [-0.15, -0.1) is 0 Å². The Labute approximate surface area is 208 Å². The zero-order chi connectivity index (χ0) is 24.2. The van der Waals surface area contributed by atoms with E-state index in [2.05, 4.69) is 134 Å². The maximum absolute atomic E-state index is 2.38. The fourth-order valence-electron chi connectivity index (χ4n) is 4.94.